The smallest absolute Gasteiger partial charge is 0.291 e. The molecule has 0 aliphatic carbocycles. The standard InChI is InChI=1S/C23H15BrClNO6/c1-30-17-8-11(7-15(24)21(17)28)19-18-20(27)14-9-12(25)4-5-16(14)32-22(18)23(29)26(19)10-13-3-2-6-31-13/h2-9,19,28H,10H2,1H3. The second kappa shape index (κ2) is 7.72. The van der Waals surface area contributed by atoms with E-state index in [2.05, 4.69) is 15.9 Å². The summed E-state index contributed by atoms with van der Waals surface area (Å²) in [5, 5.41) is 10.9. The minimum absolute atomic E-state index is 0.0375. The summed E-state index contributed by atoms with van der Waals surface area (Å²) in [6.07, 6.45) is 1.51. The van der Waals surface area contributed by atoms with Crippen LogP contribution in [0.1, 0.15) is 33.5 Å². The van der Waals surface area contributed by atoms with E-state index in [1.807, 2.05) is 0 Å². The number of furan rings is 1. The monoisotopic (exact) mass is 515 g/mol. The summed E-state index contributed by atoms with van der Waals surface area (Å²) >= 11 is 9.42. The third-order valence-corrected chi connectivity index (χ3v) is 6.26. The molecule has 5 rings (SSSR count). The topological polar surface area (TPSA) is 93.1 Å². The molecule has 3 heterocycles. The first-order valence-corrected chi connectivity index (χ1v) is 10.7. The second-order valence-electron chi connectivity index (χ2n) is 7.28. The van der Waals surface area contributed by atoms with Crippen molar-refractivity contribution >= 4 is 44.4 Å². The molecule has 2 aromatic heterocycles. The molecule has 0 bridgehead atoms. The zero-order chi connectivity index (χ0) is 22.6. The summed E-state index contributed by atoms with van der Waals surface area (Å²) in [5.74, 6) is 0.168. The number of fused-ring (bicyclic) bond motifs is 2. The Morgan fingerprint density at radius 3 is 2.75 bits per heavy atom. The largest absolute Gasteiger partial charge is 0.503 e. The highest BCUT2D eigenvalue weighted by atomic mass is 79.9. The van der Waals surface area contributed by atoms with E-state index in [1.54, 1.807) is 36.4 Å². The second-order valence-corrected chi connectivity index (χ2v) is 8.57. The minimum atomic E-state index is -0.798. The number of halogens is 2. The summed E-state index contributed by atoms with van der Waals surface area (Å²) in [4.78, 5) is 28.4. The third kappa shape index (κ3) is 3.18. The van der Waals surface area contributed by atoms with Crippen LogP contribution in [0, 0.1) is 0 Å². The van der Waals surface area contributed by atoms with Gasteiger partial charge in [0.15, 0.2) is 16.9 Å². The molecular formula is C23H15BrClNO6. The first-order valence-electron chi connectivity index (χ1n) is 9.55. The Balaban J connectivity index is 1.78. The van der Waals surface area contributed by atoms with Gasteiger partial charge in [0, 0.05) is 5.02 Å². The van der Waals surface area contributed by atoms with Crippen molar-refractivity contribution in [1.82, 2.24) is 4.90 Å². The van der Waals surface area contributed by atoms with Crippen LogP contribution in [-0.2, 0) is 6.54 Å². The molecule has 9 heteroatoms. The molecule has 32 heavy (non-hydrogen) atoms. The van der Waals surface area contributed by atoms with Gasteiger partial charge in [0.1, 0.15) is 11.3 Å². The number of rotatable bonds is 4. The summed E-state index contributed by atoms with van der Waals surface area (Å²) in [6, 6.07) is 10.6. The van der Waals surface area contributed by atoms with Crippen molar-refractivity contribution < 1.29 is 23.5 Å². The van der Waals surface area contributed by atoms with E-state index in [0.717, 1.165) is 0 Å². The predicted octanol–water partition coefficient (Wildman–Crippen LogP) is 5.26. The molecule has 1 aliphatic heterocycles. The fourth-order valence-electron chi connectivity index (χ4n) is 3.98. The minimum Gasteiger partial charge on any atom is -0.503 e. The number of methoxy groups -OCH3 is 1. The molecule has 1 atom stereocenters. The quantitative estimate of drug-likeness (QED) is 0.398. The van der Waals surface area contributed by atoms with Gasteiger partial charge in [-0.1, -0.05) is 11.6 Å². The van der Waals surface area contributed by atoms with Gasteiger partial charge in [-0.2, -0.15) is 0 Å². The number of nitrogens with zero attached hydrogens (tertiary/aromatic N) is 1. The van der Waals surface area contributed by atoms with Crippen LogP contribution in [0.15, 0.2) is 66.8 Å². The summed E-state index contributed by atoms with van der Waals surface area (Å²) in [7, 11) is 1.42. The molecule has 7 nitrogen and oxygen atoms in total. The van der Waals surface area contributed by atoms with Crippen LogP contribution in [-0.4, -0.2) is 23.0 Å². The van der Waals surface area contributed by atoms with Gasteiger partial charge in [-0.25, -0.2) is 0 Å². The van der Waals surface area contributed by atoms with E-state index in [4.69, 9.17) is 25.2 Å². The highest BCUT2D eigenvalue weighted by Gasteiger charge is 2.43. The average molecular weight is 517 g/mol. The number of phenolic OH excluding ortho intramolecular Hbond substituents is 1. The lowest BCUT2D eigenvalue weighted by Gasteiger charge is -2.25. The van der Waals surface area contributed by atoms with Crippen LogP contribution in [0.25, 0.3) is 11.0 Å². The number of hydrogen-bond acceptors (Lipinski definition) is 6. The molecule has 0 fully saturated rings. The van der Waals surface area contributed by atoms with Crippen LogP contribution in [0.4, 0.5) is 0 Å². The highest BCUT2D eigenvalue weighted by molar-refractivity contribution is 9.10. The maximum Gasteiger partial charge on any atom is 0.291 e. The van der Waals surface area contributed by atoms with Gasteiger partial charge >= 0.3 is 0 Å². The first kappa shape index (κ1) is 20.7. The van der Waals surface area contributed by atoms with Crippen molar-refractivity contribution in [2.75, 3.05) is 7.11 Å². The van der Waals surface area contributed by atoms with E-state index < -0.39 is 11.9 Å². The van der Waals surface area contributed by atoms with Crippen LogP contribution in [0.3, 0.4) is 0 Å². The Morgan fingerprint density at radius 2 is 2.03 bits per heavy atom. The molecule has 4 aromatic rings. The average Bonchev–Trinajstić information content (AvgIpc) is 3.38. The lowest BCUT2D eigenvalue weighted by Crippen LogP contribution is -2.29. The van der Waals surface area contributed by atoms with Crippen LogP contribution in [0.2, 0.25) is 5.02 Å². The van der Waals surface area contributed by atoms with Crippen LogP contribution >= 0.6 is 27.5 Å². The molecule has 162 valence electrons. The molecule has 2 aromatic carbocycles. The van der Waals surface area contributed by atoms with Gasteiger partial charge in [-0.05, 0) is 64.0 Å². The molecular weight excluding hydrogens is 502 g/mol. The molecule has 0 radical (unpaired) electrons. The molecule has 0 spiro atoms. The Hall–Kier alpha value is -3.23. The fourth-order valence-corrected chi connectivity index (χ4v) is 4.61. The van der Waals surface area contributed by atoms with Gasteiger partial charge in [0.05, 0.1) is 41.4 Å². The van der Waals surface area contributed by atoms with Crippen LogP contribution < -0.4 is 10.2 Å². The number of hydrogen-bond donors (Lipinski definition) is 1. The third-order valence-electron chi connectivity index (χ3n) is 5.42. The van der Waals surface area contributed by atoms with E-state index in [-0.39, 0.29) is 45.8 Å². The molecule has 0 saturated carbocycles. The summed E-state index contributed by atoms with van der Waals surface area (Å²) < 4.78 is 17.0. The number of phenols is 1. The number of amides is 1. The summed E-state index contributed by atoms with van der Waals surface area (Å²) in [5.41, 5.74) is 0.664. The summed E-state index contributed by atoms with van der Waals surface area (Å²) in [6.45, 7) is 0.109. The SMILES string of the molecule is COc1cc(C2c3c(oc4ccc(Cl)cc4c3=O)C(=O)N2Cc2ccco2)cc(Br)c1O. The lowest BCUT2D eigenvalue weighted by atomic mass is 9.98. The normalized spacial score (nSPS) is 15.4. The number of ether oxygens (including phenoxy) is 1. The predicted molar refractivity (Wildman–Crippen MR) is 120 cm³/mol. The molecule has 1 unspecified atom stereocenters. The van der Waals surface area contributed by atoms with E-state index in [0.29, 0.717) is 20.8 Å². The number of aromatic hydroxyl groups is 1. The van der Waals surface area contributed by atoms with Gasteiger partial charge in [-0.3, -0.25) is 9.59 Å². The van der Waals surface area contributed by atoms with E-state index in [1.165, 1.54) is 24.3 Å². The van der Waals surface area contributed by atoms with Gasteiger partial charge < -0.3 is 23.6 Å². The molecule has 1 aliphatic rings. The maximum atomic E-state index is 13.5. The zero-order valence-corrected chi connectivity index (χ0v) is 18.9. The van der Waals surface area contributed by atoms with Crippen molar-refractivity contribution in [1.29, 1.82) is 0 Å². The van der Waals surface area contributed by atoms with Crippen molar-refractivity contribution in [2.24, 2.45) is 0 Å². The van der Waals surface area contributed by atoms with Crippen molar-refractivity contribution in [3.8, 4) is 11.5 Å². The van der Waals surface area contributed by atoms with E-state index in [9.17, 15) is 14.7 Å². The number of carbonyl (C=O) groups excluding carboxylic acids is 1. The van der Waals surface area contributed by atoms with Gasteiger partial charge in [-0.15, -0.1) is 0 Å². The van der Waals surface area contributed by atoms with Gasteiger partial charge in [0.2, 0.25) is 5.76 Å². The Bertz CT molecular complexity index is 1430. The Labute approximate surface area is 194 Å². The number of benzene rings is 2. The van der Waals surface area contributed by atoms with Crippen LogP contribution in [0.5, 0.6) is 11.5 Å². The first-order chi connectivity index (χ1) is 15.4. The molecule has 1 amide bonds. The van der Waals surface area contributed by atoms with Crippen molar-refractivity contribution in [2.45, 2.75) is 12.6 Å². The highest BCUT2D eigenvalue weighted by Crippen LogP contribution is 2.44. The Morgan fingerprint density at radius 1 is 1.22 bits per heavy atom. The molecule has 0 saturated heterocycles. The Kier molecular flexibility index (Phi) is 4.98. The lowest BCUT2D eigenvalue weighted by molar-refractivity contribution is 0.0701. The van der Waals surface area contributed by atoms with E-state index >= 15 is 0 Å². The molecule has 1 N–H and O–H groups in total. The number of carbonyl (C=O) groups is 1. The maximum absolute atomic E-state index is 13.5. The van der Waals surface area contributed by atoms with Gasteiger partial charge in [0.25, 0.3) is 5.91 Å². The fraction of sp³-hybridized carbons (Fsp3) is 0.130. The zero-order valence-electron chi connectivity index (χ0n) is 16.6. The van der Waals surface area contributed by atoms with Crippen molar-refractivity contribution in [3.63, 3.8) is 0 Å². The van der Waals surface area contributed by atoms with Crippen molar-refractivity contribution in [3.05, 3.63) is 91.1 Å².